The highest BCUT2D eigenvalue weighted by Gasteiger charge is 2.19. The fraction of sp³-hybridized carbons (Fsp3) is 0.467. The highest BCUT2D eigenvalue weighted by atomic mass is 32.2. The van der Waals surface area contributed by atoms with Crippen molar-refractivity contribution in [1.29, 1.82) is 0 Å². The number of carbonyl (C=O) groups is 1. The lowest BCUT2D eigenvalue weighted by molar-refractivity contribution is -0.120. The van der Waals surface area contributed by atoms with Gasteiger partial charge in [-0.15, -0.1) is 5.10 Å². The maximum Gasteiger partial charge on any atom is 0.233 e. The summed E-state index contributed by atoms with van der Waals surface area (Å²) < 4.78 is 1.72. The van der Waals surface area contributed by atoms with E-state index in [1.165, 1.54) is 17.3 Å². The van der Waals surface area contributed by atoms with Crippen LogP contribution in [0.5, 0.6) is 0 Å². The van der Waals surface area contributed by atoms with Crippen molar-refractivity contribution in [2.24, 2.45) is 0 Å². The Morgan fingerprint density at radius 1 is 1.27 bits per heavy atom. The predicted octanol–water partition coefficient (Wildman–Crippen LogP) is 2.09. The van der Waals surface area contributed by atoms with Crippen molar-refractivity contribution in [3.63, 3.8) is 0 Å². The summed E-state index contributed by atoms with van der Waals surface area (Å²) >= 11 is 1.37. The van der Waals surface area contributed by atoms with Crippen molar-refractivity contribution in [2.45, 2.75) is 43.6 Å². The van der Waals surface area contributed by atoms with E-state index in [9.17, 15) is 4.79 Å². The minimum absolute atomic E-state index is 0.000706. The summed E-state index contributed by atoms with van der Waals surface area (Å²) in [5, 5.41) is 15.0. The molecule has 1 N–H and O–H groups in total. The van der Waals surface area contributed by atoms with Gasteiger partial charge in [0, 0.05) is 6.54 Å². The average Bonchev–Trinajstić information content (AvgIpc) is 2.96. The zero-order valence-electron chi connectivity index (χ0n) is 13.1. The van der Waals surface area contributed by atoms with Crippen LogP contribution in [-0.2, 0) is 11.2 Å². The van der Waals surface area contributed by atoms with Crippen molar-refractivity contribution >= 4 is 17.7 Å². The van der Waals surface area contributed by atoms with E-state index in [0.717, 1.165) is 6.42 Å². The second-order valence-electron chi connectivity index (χ2n) is 5.29. The lowest BCUT2D eigenvalue weighted by atomic mass is 10.1. The number of hydrogen-bond acceptors (Lipinski definition) is 5. The van der Waals surface area contributed by atoms with E-state index in [1.807, 2.05) is 39.0 Å². The molecule has 1 atom stereocenters. The molecule has 0 fully saturated rings. The van der Waals surface area contributed by atoms with Gasteiger partial charge in [-0.1, -0.05) is 42.1 Å². The van der Waals surface area contributed by atoms with E-state index < -0.39 is 0 Å². The number of amides is 1. The molecule has 118 valence electrons. The van der Waals surface area contributed by atoms with Crippen molar-refractivity contribution in [1.82, 2.24) is 25.5 Å². The van der Waals surface area contributed by atoms with Crippen LogP contribution in [0.3, 0.4) is 0 Å². The third-order valence-electron chi connectivity index (χ3n) is 3.16. The molecule has 0 spiro atoms. The maximum atomic E-state index is 12.1. The number of rotatable bonds is 7. The van der Waals surface area contributed by atoms with E-state index in [1.54, 1.807) is 4.68 Å². The second-order valence-corrected chi connectivity index (χ2v) is 6.59. The van der Waals surface area contributed by atoms with Crippen LogP contribution < -0.4 is 5.32 Å². The Kier molecular flexibility index (Phi) is 5.94. The molecule has 1 amide bonds. The van der Waals surface area contributed by atoms with Gasteiger partial charge in [-0.3, -0.25) is 4.79 Å². The Balaban J connectivity index is 1.81. The lowest BCUT2D eigenvalue weighted by Crippen LogP contribution is -2.32. The van der Waals surface area contributed by atoms with Crippen LogP contribution in [-0.4, -0.2) is 37.9 Å². The van der Waals surface area contributed by atoms with Crippen LogP contribution in [0.15, 0.2) is 35.5 Å². The van der Waals surface area contributed by atoms with Gasteiger partial charge in [0.1, 0.15) is 0 Å². The quantitative estimate of drug-likeness (QED) is 0.791. The number of tetrazole rings is 1. The molecule has 0 saturated carbocycles. The van der Waals surface area contributed by atoms with Gasteiger partial charge >= 0.3 is 0 Å². The Bertz CT molecular complexity index is 599. The molecular weight excluding hydrogens is 298 g/mol. The highest BCUT2D eigenvalue weighted by molar-refractivity contribution is 8.00. The standard InChI is InChI=1S/C15H21N5OS/c1-11(2)20-15(17-18-19-20)22-12(3)14(21)16-10-9-13-7-5-4-6-8-13/h4-8,11-12H,9-10H2,1-3H3,(H,16,21)/t12-/m1/s1. The van der Waals surface area contributed by atoms with Crippen molar-refractivity contribution in [2.75, 3.05) is 6.54 Å². The van der Waals surface area contributed by atoms with E-state index in [-0.39, 0.29) is 17.2 Å². The topological polar surface area (TPSA) is 72.7 Å². The molecule has 0 saturated heterocycles. The number of nitrogens with one attached hydrogen (secondary N) is 1. The molecule has 0 aliphatic rings. The molecule has 1 aromatic heterocycles. The lowest BCUT2D eigenvalue weighted by Gasteiger charge is -2.12. The molecule has 1 aromatic carbocycles. The third kappa shape index (κ3) is 4.56. The van der Waals surface area contributed by atoms with Gasteiger partial charge in [0.25, 0.3) is 0 Å². The Morgan fingerprint density at radius 2 is 2.00 bits per heavy atom. The summed E-state index contributed by atoms with van der Waals surface area (Å²) in [7, 11) is 0. The zero-order valence-corrected chi connectivity index (χ0v) is 13.9. The number of benzene rings is 1. The molecule has 1 heterocycles. The summed E-state index contributed by atoms with van der Waals surface area (Å²) in [5.74, 6) is -0.000706. The normalized spacial score (nSPS) is 12.4. The summed E-state index contributed by atoms with van der Waals surface area (Å²) in [5.41, 5.74) is 1.21. The van der Waals surface area contributed by atoms with Crippen LogP contribution in [0.2, 0.25) is 0 Å². The first-order chi connectivity index (χ1) is 10.6. The van der Waals surface area contributed by atoms with Gasteiger partial charge in [0.2, 0.25) is 11.1 Å². The van der Waals surface area contributed by atoms with Crippen LogP contribution in [0, 0.1) is 0 Å². The summed E-state index contributed by atoms with van der Waals surface area (Å²) in [6.07, 6.45) is 0.827. The molecule has 0 radical (unpaired) electrons. The Morgan fingerprint density at radius 3 is 2.68 bits per heavy atom. The van der Waals surface area contributed by atoms with Gasteiger partial charge in [-0.25, -0.2) is 4.68 Å². The summed E-state index contributed by atoms with van der Waals surface area (Å²) in [6, 6.07) is 10.3. The molecule has 0 aliphatic heterocycles. The van der Waals surface area contributed by atoms with Gasteiger partial charge in [-0.2, -0.15) is 0 Å². The molecule has 7 heteroatoms. The maximum absolute atomic E-state index is 12.1. The number of nitrogens with zero attached hydrogens (tertiary/aromatic N) is 4. The molecule has 6 nitrogen and oxygen atoms in total. The Labute approximate surface area is 134 Å². The first kappa shape index (κ1) is 16.5. The number of thioether (sulfide) groups is 1. The first-order valence-corrected chi connectivity index (χ1v) is 8.22. The van der Waals surface area contributed by atoms with Gasteiger partial charge < -0.3 is 5.32 Å². The molecule has 2 aromatic rings. The summed E-state index contributed by atoms with van der Waals surface area (Å²) in [4.78, 5) is 12.1. The molecule has 0 unspecified atom stereocenters. The van der Waals surface area contributed by atoms with E-state index >= 15 is 0 Å². The number of aromatic nitrogens is 4. The average molecular weight is 319 g/mol. The minimum atomic E-state index is -0.237. The summed E-state index contributed by atoms with van der Waals surface area (Å²) in [6.45, 7) is 6.50. The molecule has 22 heavy (non-hydrogen) atoms. The second kappa shape index (κ2) is 7.93. The largest absolute Gasteiger partial charge is 0.355 e. The monoisotopic (exact) mass is 319 g/mol. The Hall–Kier alpha value is -1.89. The predicted molar refractivity (Wildman–Crippen MR) is 86.7 cm³/mol. The molecule has 0 aliphatic carbocycles. The SMILES string of the molecule is CC(C)n1nnnc1S[C@H](C)C(=O)NCCc1ccccc1. The fourth-order valence-corrected chi connectivity index (χ4v) is 2.86. The van der Waals surface area contributed by atoms with Gasteiger partial charge in [0.05, 0.1) is 11.3 Å². The van der Waals surface area contributed by atoms with Crippen molar-refractivity contribution < 1.29 is 4.79 Å². The van der Waals surface area contributed by atoms with Crippen LogP contribution in [0.25, 0.3) is 0 Å². The van der Waals surface area contributed by atoms with Crippen LogP contribution in [0.1, 0.15) is 32.4 Å². The zero-order chi connectivity index (χ0) is 15.9. The van der Waals surface area contributed by atoms with E-state index in [0.29, 0.717) is 11.7 Å². The van der Waals surface area contributed by atoms with Crippen LogP contribution >= 0.6 is 11.8 Å². The van der Waals surface area contributed by atoms with Crippen molar-refractivity contribution in [3.05, 3.63) is 35.9 Å². The molecule has 2 rings (SSSR count). The fourth-order valence-electron chi connectivity index (χ4n) is 1.92. The van der Waals surface area contributed by atoms with Gasteiger partial charge in [-0.05, 0) is 43.2 Å². The molecular formula is C15H21N5OS. The highest BCUT2D eigenvalue weighted by Crippen LogP contribution is 2.22. The van der Waals surface area contributed by atoms with Crippen molar-refractivity contribution in [3.8, 4) is 0 Å². The van der Waals surface area contributed by atoms with E-state index in [4.69, 9.17) is 0 Å². The number of hydrogen-bond donors (Lipinski definition) is 1. The smallest absolute Gasteiger partial charge is 0.233 e. The minimum Gasteiger partial charge on any atom is -0.355 e. The molecule has 0 bridgehead atoms. The van der Waals surface area contributed by atoms with Gasteiger partial charge in [0.15, 0.2) is 0 Å². The first-order valence-electron chi connectivity index (χ1n) is 7.34. The third-order valence-corrected chi connectivity index (χ3v) is 4.21. The number of carbonyl (C=O) groups excluding carboxylic acids is 1. The van der Waals surface area contributed by atoms with Crippen LogP contribution in [0.4, 0.5) is 0 Å². The van der Waals surface area contributed by atoms with E-state index in [2.05, 4.69) is 33.0 Å².